The maximum atomic E-state index is 11.9. The number of allylic oxidation sites excluding steroid dienone is 1. The average Bonchev–Trinajstić information content (AvgIpc) is 2.18. The number of carbonyl (C=O) groups is 1. The Balaban J connectivity index is 2.86. The molecule has 1 saturated carbocycles. The minimum atomic E-state index is -0.581. The number of Topliss-reactive ketones (excluding diaryl/α,β-unsaturated/α-hetero) is 1. The van der Waals surface area contributed by atoms with Crippen LogP contribution >= 0.6 is 0 Å². The monoisotopic (exact) mass is 196 g/mol. The standard InChI is InChI=1S/C12H20O2/c1-9(2)8-12(3)10(13)6-4-5-7-11(12)14/h10,13H,1,4-8H2,2-3H3/t10-,12-/m1/s1. The van der Waals surface area contributed by atoms with Crippen LogP contribution in [0, 0.1) is 5.41 Å². The quantitative estimate of drug-likeness (QED) is 0.544. The molecule has 0 bridgehead atoms. The van der Waals surface area contributed by atoms with Crippen LogP contribution in [0.5, 0.6) is 0 Å². The maximum Gasteiger partial charge on any atom is 0.141 e. The minimum Gasteiger partial charge on any atom is -0.392 e. The summed E-state index contributed by atoms with van der Waals surface area (Å²) in [5, 5.41) is 9.97. The second-order valence-electron chi connectivity index (χ2n) is 4.74. The number of hydrogen-bond acceptors (Lipinski definition) is 2. The number of aliphatic hydroxyl groups is 1. The zero-order valence-corrected chi connectivity index (χ0v) is 9.18. The van der Waals surface area contributed by atoms with E-state index in [9.17, 15) is 9.90 Å². The molecule has 2 nitrogen and oxygen atoms in total. The van der Waals surface area contributed by atoms with Gasteiger partial charge in [-0.05, 0) is 33.1 Å². The van der Waals surface area contributed by atoms with Crippen LogP contribution in [-0.2, 0) is 4.79 Å². The second-order valence-corrected chi connectivity index (χ2v) is 4.74. The van der Waals surface area contributed by atoms with Gasteiger partial charge < -0.3 is 5.11 Å². The van der Waals surface area contributed by atoms with Crippen LogP contribution in [0.25, 0.3) is 0 Å². The smallest absolute Gasteiger partial charge is 0.141 e. The first kappa shape index (κ1) is 11.4. The van der Waals surface area contributed by atoms with Crippen molar-refractivity contribution in [2.24, 2.45) is 5.41 Å². The Bertz CT molecular complexity index is 245. The first-order chi connectivity index (χ1) is 6.47. The Kier molecular flexibility index (Phi) is 3.48. The van der Waals surface area contributed by atoms with Crippen molar-refractivity contribution < 1.29 is 9.90 Å². The molecule has 0 amide bonds. The molecule has 2 atom stereocenters. The summed E-state index contributed by atoms with van der Waals surface area (Å²) in [7, 11) is 0. The van der Waals surface area contributed by atoms with Gasteiger partial charge in [0, 0.05) is 6.42 Å². The van der Waals surface area contributed by atoms with Gasteiger partial charge in [0.15, 0.2) is 0 Å². The first-order valence-electron chi connectivity index (χ1n) is 5.32. The molecule has 2 heteroatoms. The highest BCUT2D eigenvalue weighted by Crippen LogP contribution is 2.37. The summed E-state index contributed by atoms with van der Waals surface area (Å²) < 4.78 is 0. The normalized spacial score (nSPS) is 33.9. The van der Waals surface area contributed by atoms with Gasteiger partial charge in [-0.2, -0.15) is 0 Å². The summed E-state index contributed by atoms with van der Waals surface area (Å²) in [5.74, 6) is 0.200. The molecule has 0 aliphatic heterocycles. The Morgan fingerprint density at radius 2 is 2.29 bits per heavy atom. The third-order valence-electron chi connectivity index (χ3n) is 3.17. The molecule has 0 radical (unpaired) electrons. The lowest BCUT2D eigenvalue weighted by Gasteiger charge is -2.31. The van der Waals surface area contributed by atoms with Crippen molar-refractivity contribution in [3.05, 3.63) is 12.2 Å². The fraction of sp³-hybridized carbons (Fsp3) is 0.750. The zero-order valence-electron chi connectivity index (χ0n) is 9.18. The van der Waals surface area contributed by atoms with Gasteiger partial charge in [0.2, 0.25) is 0 Å². The fourth-order valence-electron chi connectivity index (χ4n) is 2.26. The molecule has 1 aliphatic rings. The molecular weight excluding hydrogens is 176 g/mol. The largest absolute Gasteiger partial charge is 0.392 e. The predicted molar refractivity (Wildman–Crippen MR) is 57.0 cm³/mol. The van der Waals surface area contributed by atoms with E-state index >= 15 is 0 Å². The molecule has 80 valence electrons. The van der Waals surface area contributed by atoms with Gasteiger partial charge in [0.1, 0.15) is 5.78 Å². The third kappa shape index (κ3) is 2.24. The highest BCUT2D eigenvalue weighted by Gasteiger charge is 2.40. The summed E-state index contributed by atoms with van der Waals surface area (Å²) >= 11 is 0. The molecule has 14 heavy (non-hydrogen) atoms. The van der Waals surface area contributed by atoms with Crippen LogP contribution in [0.4, 0.5) is 0 Å². The van der Waals surface area contributed by atoms with Crippen molar-refractivity contribution in [2.45, 2.75) is 52.1 Å². The van der Waals surface area contributed by atoms with E-state index in [2.05, 4.69) is 6.58 Å². The molecule has 0 saturated heterocycles. The first-order valence-corrected chi connectivity index (χ1v) is 5.32. The fourth-order valence-corrected chi connectivity index (χ4v) is 2.26. The van der Waals surface area contributed by atoms with Crippen LogP contribution in [0.1, 0.15) is 46.0 Å². The van der Waals surface area contributed by atoms with Gasteiger partial charge in [0.05, 0.1) is 11.5 Å². The number of ketones is 1. The average molecular weight is 196 g/mol. The molecular formula is C12H20O2. The van der Waals surface area contributed by atoms with E-state index in [1.54, 1.807) is 0 Å². The molecule has 0 aromatic rings. The molecule has 0 spiro atoms. The topological polar surface area (TPSA) is 37.3 Å². The van der Waals surface area contributed by atoms with Crippen LogP contribution in [0.2, 0.25) is 0 Å². The summed E-state index contributed by atoms with van der Waals surface area (Å²) in [4.78, 5) is 11.9. The van der Waals surface area contributed by atoms with Crippen LogP contribution in [0.3, 0.4) is 0 Å². The van der Waals surface area contributed by atoms with E-state index < -0.39 is 11.5 Å². The lowest BCUT2D eigenvalue weighted by Crippen LogP contribution is -2.38. The van der Waals surface area contributed by atoms with E-state index in [-0.39, 0.29) is 5.78 Å². The van der Waals surface area contributed by atoms with E-state index in [4.69, 9.17) is 0 Å². The highest BCUT2D eigenvalue weighted by atomic mass is 16.3. The molecule has 0 aromatic carbocycles. The SMILES string of the molecule is C=C(C)C[C@@]1(C)C(=O)CCCC[C@H]1O. The van der Waals surface area contributed by atoms with Crippen molar-refractivity contribution in [1.82, 2.24) is 0 Å². The summed E-state index contributed by atoms with van der Waals surface area (Å²) in [6, 6.07) is 0. The van der Waals surface area contributed by atoms with E-state index in [1.165, 1.54) is 0 Å². The maximum absolute atomic E-state index is 11.9. The van der Waals surface area contributed by atoms with Crippen LogP contribution in [0.15, 0.2) is 12.2 Å². The lowest BCUT2D eigenvalue weighted by atomic mass is 9.74. The van der Waals surface area contributed by atoms with Crippen molar-refractivity contribution >= 4 is 5.78 Å². The predicted octanol–water partition coefficient (Wildman–Crippen LogP) is 2.46. The Morgan fingerprint density at radius 3 is 2.86 bits per heavy atom. The molecule has 1 fully saturated rings. The Morgan fingerprint density at radius 1 is 1.64 bits per heavy atom. The number of aliphatic hydroxyl groups excluding tert-OH is 1. The number of hydrogen-bond donors (Lipinski definition) is 1. The van der Waals surface area contributed by atoms with E-state index in [1.807, 2.05) is 13.8 Å². The van der Waals surface area contributed by atoms with E-state index in [0.29, 0.717) is 12.8 Å². The Hall–Kier alpha value is -0.630. The molecule has 1 rings (SSSR count). The second kappa shape index (κ2) is 4.26. The van der Waals surface area contributed by atoms with Gasteiger partial charge >= 0.3 is 0 Å². The van der Waals surface area contributed by atoms with Crippen LogP contribution in [-0.4, -0.2) is 17.0 Å². The van der Waals surface area contributed by atoms with Crippen LogP contribution < -0.4 is 0 Å². The minimum absolute atomic E-state index is 0.200. The van der Waals surface area contributed by atoms with Crippen molar-refractivity contribution in [3.8, 4) is 0 Å². The zero-order chi connectivity index (χ0) is 10.8. The highest BCUT2D eigenvalue weighted by molar-refractivity contribution is 5.85. The van der Waals surface area contributed by atoms with Crippen molar-refractivity contribution in [3.63, 3.8) is 0 Å². The van der Waals surface area contributed by atoms with Gasteiger partial charge in [-0.25, -0.2) is 0 Å². The van der Waals surface area contributed by atoms with Crippen molar-refractivity contribution in [1.29, 1.82) is 0 Å². The Labute approximate surface area is 86.0 Å². The number of rotatable bonds is 2. The van der Waals surface area contributed by atoms with Gasteiger partial charge in [0.25, 0.3) is 0 Å². The molecule has 0 unspecified atom stereocenters. The molecule has 1 N–H and O–H groups in total. The van der Waals surface area contributed by atoms with Crippen molar-refractivity contribution in [2.75, 3.05) is 0 Å². The lowest BCUT2D eigenvalue weighted by molar-refractivity contribution is -0.133. The molecule has 0 heterocycles. The van der Waals surface area contributed by atoms with Gasteiger partial charge in [-0.3, -0.25) is 4.79 Å². The van der Waals surface area contributed by atoms with Gasteiger partial charge in [-0.1, -0.05) is 12.0 Å². The van der Waals surface area contributed by atoms with E-state index in [0.717, 1.165) is 24.8 Å². The number of carbonyl (C=O) groups excluding carboxylic acids is 1. The summed E-state index contributed by atoms with van der Waals surface area (Å²) in [6.07, 6.45) is 3.36. The summed E-state index contributed by atoms with van der Waals surface area (Å²) in [5.41, 5.74) is 0.393. The molecule has 1 aliphatic carbocycles. The summed E-state index contributed by atoms with van der Waals surface area (Å²) in [6.45, 7) is 7.62. The molecule has 0 aromatic heterocycles. The van der Waals surface area contributed by atoms with Gasteiger partial charge in [-0.15, -0.1) is 6.58 Å². The third-order valence-corrected chi connectivity index (χ3v) is 3.17.